The molecule has 1 aliphatic heterocycles. The van der Waals surface area contributed by atoms with Crippen LogP contribution in [0.5, 0.6) is 0 Å². The summed E-state index contributed by atoms with van der Waals surface area (Å²) in [6, 6.07) is 12.1. The molecule has 0 aliphatic carbocycles. The van der Waals surface area contributed by atoms with Gasteiger partial charge in [-0.1, -0.05) is 18.2 Å². The zero-order chi connectivity index (χ0) is 17.6. The van der Waals surface area contributed by atoms with Crippen LogP contribution in [-0.2, 0) is 6.54 Å². The van der Waals surface area contributed by atoms with E-state index in [4.69, 9.17) is 0 Å². The van der Waals surface area contributed by atoms with Crippen molar-refractivity contribution in [2.45, 2.75) is 39.3 Å². The average molecular weight is 338 g/mol. The highest BCUT2D eigenvalue weighted by molar-refractivity contribution is 5.74. The smallest absolute Gasteiger partial charge is 0.315 e. The van der Waals surface area contributed by atoms with Gasteiger partial charge in [0.15, 0.2) is 0 Å². The lowest BCUT2D eigenvalue weighted by molar-refractivity contribution is 0.237. The Morgan fingerprint density at radius 2 is 2.04 bits per heavy atom. The molecule has 0 saturated carbocycles. The molecule has 0 bridgehead atoms. The molecule has 3 rings (SSSR count). The summed E-state index contributed by atoms with van der Waals surface area (Å²) >= 11 is 0. The van der Waals surface area contributed by atoms with Crippen LogP contribution in [0.25, 0.3) is 0 Å². The molecule has 5 nitrogen and oxygen atoms in total. The van der Waals surface area contributed by atoms with Crippen LogP contribution in [0.3, 0.4) is 0 Å². The minimum atomic E-state index is -0.177. The molecule has 132 valence electrons. The van der Waals surface area contributed by atoms with Crippen molar-refractivity contribution in [3.63, 3.8) is 0 Å². The van der Waals surface area contributed by atoms with Gasteiger partial charge in [-0.05, 0) is 56.0 Å². The highest BCUT2D eigenvalue weighted by atomic mass is 16.2. The van der Waals surface area contributed by atoms with Crippen molar-refractivity contribution in [2.75, 3.05) is 18.0 Å². The molecule has 1 atom stereocenters. The molecule has 2 amide bonds. The maximum Gasteiger partial charge on any atom is 0.315 e. The molecule has 1 aliphatic rings. The van der Waals surface area contributed by atoms with Gasteiger partial charge in [0.25, 0.3) is 0 Å². The van der Waals surface area contributed by atoms with Gasteiger partial charge in [0.2, 0.25) is 0 Å². The Labute approximate surface area is 149 Å². The number of rotatable bonds is 5. The van der Waals surface area contributed by atoms with Crippen molar-refractivity contribution in [1.82, 2.24) is 15.6 Å². The van der Waals surface area contributed by atoms with Gasteiger partial charge < -0.3 is 15.5 Å². The molecule has 0 radical (unpaired) electrons. The Kier molecular flexibility index (Phi) is 5.53. The first-order valence-corrected chi connectivity index (χ1v) is 8.93. The lowest BCUT2D eigenvalue weighted by Crippen LogP contribution is -2.37. The predicted octanol–water partition coefficient (Wildman–Crippen LogP) is 3.55. The van der Waals surface area contributed by atoms with Gasteiger partial charge in [0.1, 0.15) is 0 Å². The monoisotopic (exact) mass is 338 g/mol. The van der Waals surface area contributed by atoms with Gasteiger partial charge in [-0.3, -0.25) is 4.98 Å². The van der Waals surface area contributed by atoms with E-state index < -0.39 is 0 Å². The van der Waals surface area contributed by atoms with E-state index in [9.17, 15) is 4.79 Å². The Bertz CT molecular complexity index is 725. The molecular weight excluding hydrogens is 312 g/mol. The second-order valence-corrected chi connectivity index (χ2v) is 6.60. The maximum absolute atomic E-state index is 12.2. The van der Waals surface area contributed by atoms with Crippen LogP contribution in [0.2, 0.25) is 0 Å². The molecule has 1 saturated heterocycles. The van der Waals surface area contributed by atoms with E-state index in [2.05, 4.69) is 44.8 Å². The zero-order valence-corrected chi connectivity index (χ0v) is 15.0. The summed E-state index contributed by atoms with van der Waals surface area (Å²) in [4.78, 5) is 18.9. The largest absolute Gasteiger partial charge is 0.372 e. The number of carbonyl (C=O) groups excluding carboxylic acids is 1. The fourth-order valence-corrected chi connectivity index (χ4v) is 3.16. The van der Waals surface area contributed by atoms with Crippen LogP contribution in [0.4, 0.5) is 10.5 Å². The average Bonchev–Trinajstić information content (AvgIpc) is 3.16. The van der Waals surface area contributed by atoms with Crippen molar-refractivity contribution in [2.24, 2.45) is 0 Å². The third-order valence-corrected chi connectivity index (χ3v) is 4.72. The van der Waals surface area contributed by atoms with Gasteiger partial charge in [0, 0.05) is 25.0 Å². The predicted molar refractivity (Wildman–Crippen MR) is 101 cm³/mol. The molecule has 2 heterocycles. The number of aryl methyl sites for hydroxylation is 1. The number of nitrogens with zero attached hydrogens (tertiary/aromatic N) is 2. The van der Waals surface area contributed by atoms with Gasteiger partial charge in [0.05, 0.1) is 18.3 Å². The maximum atomic E-state index is 12.2. The highest BCUT2D eigenvalue weighted by Gasteiger charge is 2.15. The van der Waals surface area contributed by atoms with Crippen molar-refractivity contribution in [3.05, 3.63) is 59.4 Å². The van der Waals surface area contributed by atoms with Crippen LogP contribution in [0.1, 0.15) is 42.6 Å². The Morgan fingerprint density at radius 3 is 2.80 bits per heavy atom. The number of hydrogen-bond donors (Lipinski definition) is 2. The van der Waals surface area contributed by atoms with Crippen LogP contribution in [0, 0.1) is 6.92 Å². The zero-order valence-electron chi connectivity index (χ0n) is 15.0. The van der Waals surface area contributed by atoms with Crippen LogP contribution in [-0.4, -0.2) is 24.1 Å². The van der Waals surface area contributed by atoms with Crippen LogP contribution in [0.15, 0.2) is 42.6 Å². The summed E-state index contributed by atoms with van der Waals surface area (Å²) in [6.45, 7) is 6.67. The van der Waals surface area contributed by atoms with Gasteiger partial charge >= 0.3 is 6.03 Å². The molecule has 2 aromatic rings. The van der Waals surface area contributed by atoms with Crippen molar-refractivity contribution in [3.8, 4) is 0 Å². The summed E-state index contributed by atoms with van der Waals surface area (Å²) in [5, 5.41) is 5.89. The highest BCUT2D eigenvalue weighted by Crippen LogP contribution is 2.23. The number of urea groups is 1. The van der Waals surface area contributed by atoms with E-state index in [-0.39, 0.29) is 12.1 Å². The number of anilines is 1. The summed E-state index contributed by atoms with van der Waals surface area (Å²) in [7, 11) is 0. The van der Waals surface area contributed by atoms with Crippen LogP contribution < -0.4 is 15.5 Å². The number of nitrogens with one attached hydrogen (secondary N) is 2. The number of carbonyl (C=O) groups is 1. The third kappa shape index (κ3) is 4.50. The minimum absolute atomic E-state index is 0.0487. The van der Waals surface area contributed by atoms with E-state index in [1.54, 1.807) is 6.20 Å². The summed E-state index contributed by atoms with van der Waals surface area (Å²) in [6.07, 6.45) is 4.26. The van der Waals surface area contributed by atoms with E-state index in [1.165, 1.54) is 18.5 Å². The number of pyridine rings is 1. The SMILES string of the molecule is Cc1cccnc1CNC(=O)NC(C)c1cccc(N2CCCC2)c1. The number of hydrogen-bond acceptors (Lipinski definition) is 3. The first kappa shape index (κ1) is 17.3. The number of aromatic nitrogens is 1. The lowest BCUT2D eigenvalue weighted by atomic mass is 10.1. The first-order chi connectivity index (χ1) is 12.1. The molecule has 2 N–H and O–H groups in total. The lowest BCUT2D eigenvalue weighted by Gasteiger charge is -2.21. The van der Waals surface area contributed by atoms with E-state index in [1.807, 2.05) is 26.0 Å². The summed E-state index contributed by atoms with van der Waals surface area (Å²) in [5.74, 6) is 0. The molecule has 5 heteroatoms. The summed E-state index contributed by atoms with van der Waals surface area (Å²) < 4.78 is 0. The fourth-order valence-electron chi connectivity index (χ4n) is 3.16. The normalized spacial score (nSPS) is 15.0. The standard InChI is InChI=1S/C20H26N4O/c1-15-7-6-10-21-19(15)14-22-20(25)23-16(2)17-8-5-9-18(13-17)24-11-3-4-12-24/h5-10,13,16H,3-4,11-12,14H2,1-2H3,(H2,22,23,25). The van der Waals surface area contributed by atoms with Crippen LogP contribution >= 0.6 is 0 Å². The molecule has 1 aromatic heterocycles. The quantitative estimate of drug-likeness (QED) is 0.876. The second kappa shape index (κ2) is 8.01. The Hall–Kier alpha value is -2.56. The number of benzene rings is 1. The molecule has 1 fully saturated rings. The Morgan fingerprint density at radius 1 is 1.24 bits per heavy atom. The molecule has 1 aromatic carbocycles. The van der Waals surface area contributed by atoms with Crippen molar-refractivity contribution < 1.29 is 4.79 Å². The topological polar surface area (TPSA) is 57.3 Å². The second-order valence-electron chi connectivity index (χ2n) is 6.60. The first-order valence-electron chi connectivity index (χ1n) is 8.93. The van der Waals surface area contributed by atoms with Gasteiger partial charge in [-0.2, -0.15) is 0 Å². The fraction of sp³-hybridized carbons (Fsp3) is 0.400. The summed E-state index contributed by atoms with van der Waals surface area (Å²) in [5.41, 5.74) is 4.33. The Balaban J connectivity index is 1.56. The third-order valence-electron chi connectivity index (χ3n) is 4.72. The molecule has 1 unspecified atom stereocenters. The van der Waals surface area contributed by atoms with Gasteiger partial charge in [-0.15, -0.1) is 0 Å². The van der Waals surface area contributed by atoms with E-state index in [0.29, 0.717) is 6.54 Å². The minimum Gasteiger partial charge on any atom is -0.372 e. The molecule has 0 spiro atoms. The number of amides is 2. The molecular formula is C20H26N4O. The van der Waals surface area contributed by atoms with E-state index in [0.717, 1.165) is 29.9 Å². The van der Waals surface area contributed by atoms with Gasteiger partial charge in [-0.25, -0.2) is 4.79 Å². The van der Waals surface area contributed by atoms with E-state index >= 15 is 0 Å². The molecule has 25 heavy (non-hydrogen) atoms. The van der Waals surface area contributed by atoms with Crippen molar-refractivity contribution in [1.29, 1.82) is 0 Å². The van der Waals surface area contributed by atoms with Crippen molar-refractivity contribution >= 4 is 11.7 Å².